The Kier molecular flexibility index (Phi) is 3.20. The van der Waals surface area contributed by atoms with Crippen molar-refractivity contribution in [1.82, 2.24) is 10.3 Å². The zero-order valence-electron chi connectivity index (χ0n) is 11.6. The van der Waals surface area contributed by atoms with Crippen LogP contribution in [0.2, 0.25) is 5.02 Å². The number of hydrogen-bond donors (Lipinski definition) is 2. The molecule has 4 heterocycles. The minimum absolute atomic E-state index is 0.663. The SMILES string of the molecule is Clc1ccc(Nc2ccc(N3CC4CC(C3)N4)cn2)cc1. The van der Waals surface area contributed by atoms with Crippen LogP contribution in [0, 0.1) is 0 Å². The van der Waals surface area contributed by atoms with E-state index in [-0.39, 0.29) is 0 Å². The van der Waals surface area contributed by atoms with Crippen molar-refractivity contribution in [3.8, 4) is 0 Å². The van der Waals surface area contributed by atoms with Crippen LogP contribution in [0.3, 0.4) is 0 Å². The predicted molar refractivity (Wildman–Crippen MR) is 86.5 cm³/mol. The molecule has 4 nitrogen and oxygen atoms in total. The Morgan fingerprint density at radius 1 is 1.10 bits per heavy atom. The normalized spacial score (nSPS) is 23.6. The van der Waals surface area contributed by atoms with Gasteiger partial charge >= 0.3 is 0 Å². The molecule has 0 saturated carbocycles. The molecule has 1 aromatic heterocycles. The third kappa shape index (κ3) is 2.69. The van der Waals surface area contributed by atoms with Gasteiger partial charge in [-0.1, -0.05) is 11.6 Å². The van der Waals surface area contributed by atoms with Gasteiger partial charge in [-0.25, -0.2) is 4.98 Å². The van der Waals surface area contributed by atoms with E-state index in [2.05, 4.69) is 26.6 Å². The summed E-state index contributed by atoms with van der Waals surface area (Å²) in [5.74, 6) is 0.848. The van der Waals surface area contributed by atoms with Gasteiger partial charge in [0.15, 0.2) is 0 Å². The summed E-state index contributed by atoms with van der Waals surface area (Å²) in [4.78, 5) is 6.92. The van der Waals surface area contributed by atoms with E-state index in [4.69, 9.17) is 11.6 Å². The van der Waals surface area contributed by atoms with Crippen molar-refractivity contribution in [1.29, 1.82) is 0 Å². The average molecular weight is 301 g/mol. The Balaban J connectivity index is 1.44. The molecule has 2 N–H and O–H groups in total. The summed E-state index contributed by atoms with van der Waals surface area (Å²) in [5.41, 5.74) is 2.19. The molecule has 2 atom stereocenters. The maximum atomic E-state index is 5.88. The molecule has 0 amide bonds. The standard InChI is InChI=1S/C16H17ClN4/c17-11-1-3-12(4-2-11)20-16-6-5-15(8-18-16)21-9-13-7-14(10-21)19-13/h1-6,8,13-14,19H,7,9-10H2,(H,18,20). The molecule has 2 unspecified atom stereocenters. The van der Waals surface area contributed by atoms with Crippen LogP contribution >= 0.6 is 11.6 Å². The fourth-order valence-electron chi connectivity index (χ4n) is 3.05. The third-order valence-electron chi connectivity index (χ3n) is 4.15. The maximum Gasteiger partial charge on any atom is 0.130 e. The number of piperazine rings is 1. The number of aromatic nitrogens is 1. The lowest BCUT2D eigenvalue weighted by Gasteiger charge is -2.49. The first kappa shape index (κ1) is 12.9. The lowest BCUT2D eigenvalue weighted by Crippen LogP contribution is -2.67. The Morgan fingerprint density at radius 3 is 2.43 bits per heavy atom. The fourth-order valence-corrected chi connectivity index (χ4v) is 3.18. The summed E-state index contributed by atoms with van der Waals surface area (Å²) in [6.45, 7) is 2.17. The minimum atomic E-state index is 0.663. The molecule has 3 fully saturated rings. The number of nitrogens with zero attached hydrogens (tertiary/aromatic N) is 2. The van der Waals surface area contributed by atoms with E-state index in [1.807, 2.05) is 36.5 Å². The average Bonchev–Trinajstić information content (AvgIpc) is 2.50. The van der Waals surface area contributed by atoms with Crippen molar-refractivity contribution in [3.63, 3.8) is 0 Å². The zero-order valence-corrected chi connectivity index (χ0v) is 12.3. The Labute approximate surface area is 129 Å². The first-order valence-corrected chi connectivity index (χ1v) is 7.64. The molecule has 3 saturated heterocycles. The number of benzene rings is 1. The summed E-state index contributed by atoms with van der Waals surface area (Å²) >= 11 is 5.88. The van der Waals surface area contributed by atoms with E-state index in [9.17, 15) is 0 Å². The van der Waals surface area contributed by atoms with Gasteiger partial charge in [-0.05, 0) is 42.8 Å². The van der Waals surface area contributed by atoms with Gasteiger partial charge in [-0.15, -0.1) is 0 Å². The second kappa shape index (κ2) is 5.20. The summed E-state index contributed by atoms with van der Waals surface area (Å²) in [5, 5.41) is 7.56. The lowest BCUT2D eigenvalue weighted by atomic mass is 9.91. The van der Waals surface area contributed by atoms with E-state index < -0.39 is 0 Å². The summed E-state index contributed by atoms with van der Waals surface area (Å²) < 4.78 is 0. The molecule has 2 bridgehead atoms. The highest BCUT2D eigenvalue weighted by Gasteiger charge is 2.36. The second-order valence-electron chi connectivity index (χ2n) is 5.73. The van der Waals surface area contributed by atoms with Crippen molar-refractivity contribution >= 4 is 28.8 Å². The Morgan fingerprint density at radius 2 is 1.81 bits per heavy atom. The van der Waals surface area contributed by atoms with Crippen LogP contribution in [0.15, 0.2) is 42.6 Å². The Bertz CT molecular complexity index is 610. The molecule has 108 valence electrons. The topological polar surface area (TPSA) is 40.2 Å². The Hall–Kier alpha value is -1.78. The number of fused-ring (bicyclic) bond motifs is 2. The molecule has 0 aliphatic carbocycles. The number of nitrogens with one attached hydrogen (secondary N) is 2. The number of anilines is 3. The van der Waals surface area contributed by atoms with Crippen LogP contribution < -0.4 is 15.5 Å². The van der Waals surface area contributed by atoms with Crippen LogP contribution in [-0.2, 0) is 0 Å². The van der Waals surface area contributed by atoms with E-state index in [1.54, 1.807) is 0 Å². The monoisotopic (exact) mass is 300 g/mol. The van der Waals surface area contributed by atoms with Gasteiger partial charge in [0.05, 0.1) is 11.9 Å². The highest BCUT2D eigenvalue weighted by atomic mass is 35.5. The van der Waals surface area contributed by atoms with Crippen LogP contribution in [0.1, 0.15) is 6.42 Å². The molecule has 3 aliphatic rings. The van der Waals surface area contributed by atoms with Gasteiger partial charge in [0.2, 0.25) is 0 Å². The molecule has 21 heavy (non-hydrogen) atoms. The number of halogens is 1. The fraction of sp³-hybridized carbons (Fsp3) is 0.312. The van der Waals surface area contributed by atoms with Crippen molar-refractivity contribution in [3.05, 3.63) is 47.6 Å². The van der Waals surface area contributed by atoms with Gasteiger partial charge in [0.1, 0.15) is 5.82 Å². The lowest BCUT2D eigenvalue weighted by molar-refractivity contribution is 0.226. The summed E-state index contributed by atoms with van der Waals surface area (Å²) in [7, 11) is 0. The first-order valence-electron chi connectivity index (χ1n) is 7.26. The molecule has 5 rings (SSSR count). The second-order valence-corrected chi connectivity index (χ2v) is 6.17. The first-order chi connectivity index (χ1) is 10.3. The highest BCUT2D eigenvalue weighted by Crippen LogP contribution is 2.26. The van der Waals surface area contributed by atoms with Gasteiger partial charge < -0.3 is 15.5 Å². The highest BCUT2D eigenvalue weighted by molar-refractivity contribution is 6.30. The third-order valence-corrected chi connectivity index (χ3v) is 4.40. The smallest absolute Gasteiger partial charge is 0.130 e. The maximum absolute atomic E-state index is 5.88. The molecule has 1 aromatic carbocycles. The van der Waals surface area contributed by atoms with Crippen LogP contribution in [0.4, 0.5) is 17.2 Å². The summed E-state index contributed by atoms with van der Waals surface area (Å²) in [6.07, 6.45) is 3.27. The van der Waals surface area contributed by atoms with Gasteiger partial charge in [-0.3, -0.25) is 0 Å². The molecule has 0 radical (unpaired) electrons. The number of pyridine rings is 1. The van der Waals surface area contributed by atoms with Gasteiger partial charge in [-0.2, -0.15) is 0 Å². The number of hydrogen-bond acceptors (Lipinski definition) is 4. The molecular weight excluding hydrogens is 284 g/mol. The van der Waals surface area contributed by atoms with Crippen molar-refractivity contribution < 1.29 is 0 Å². The quantitative estimate of drug-likeness (QED) is 0.914. The molecule has 0 spiro atoms. The van der Waals surface area contributed by atoms with E-state index >= 15 is 0 Å². The van der Waals surface area contributed by atoms with Crippen molar-refractivity contribution in [2.45, 2.75) is 18.5 Å². The van der Waals surface area contributed by atoms with E-state index in [0.29, 0.717) is 12.1 Å². The minimum Gasteiger partial charge on any atom is -0.367 e. The van der Waals surface area contributed by atoms with Crippen LogP contribution in [0.5, 0.6) is 0 Å². The predicted octanol–water partition coefficient (Wildman–Crippen LogP) is 3.03. The van der Waals surface area contributed by atoms with E-state index in [1.165, 1.54) is 12.1 Å². The van der Waals surface area contributed by atoms with Crippen LogP contribution in [0.25, 0.3) is 0 Å². The molecule has 5 heteroatoms. The van der Waals surface area contributed by atoms with Gasteiger partial charge in [0.25, 0.3) is 0 Å². The van der Waals surface area contributed by atoms with Gasteiger partial charge in [0, 0.05) is 35.9 Å². The van der Waals surface area contributed by atoms with Crippen LogP contribution in [-0.4, -0.2) is 30.2 Å². The molecule has 3 aliphatic heterocycles. The zero-order chi connectivity index (χ0) is 14.2. The molecule has 2 aromatic rings. The number of rotatable bonds is 3. The van der Waals surface area contributed by atoms with E-state index in [0.717, 1.165) is 29.6 Å². The number of piperidine rings is 1. The van der Waals surface area contributed by atoms with Crippen molar-refractivity contribution in [2.75, 3.05) is 23.3 Å². The summed E-state index contributed by atoms with van der Waals surface area (Å²) in [6, 6.07) is 13.1. The molecular formula is C16H17ClN4. The largest absolute Gasteiger partial charge is 0.367 e. The van der Waals surface area contributed by atoms with Crippen molar-refractivity contribution in [2.24, 2.45) is 0 Å².